The van der Waals surface area contributed by atoms with Crippen molar-refractivity contribution in [3.63, 3.8) is 0 Å². The van der Waals surface area contributed by atoms with Gasteiger partial charge in [-0.25, -0.2) is 0 Å². The summed E-state index contributed by atoms with van der Waals surface area (Å²) in [6, 6.07) is 7.08. The summed E-state index contributed by atoms with van der Waals surface area (Å²) in [4.78, 5) is 0.577. The van der Waals surface area contributed by atoms with Gasteiger partial charge in [-0.2, -0.15) is 0 Å². The summed E-state index contributed by atoms with van der Waals surface area (Å²) in [5.74, 6) is 0.215. The summed E-state index contributed by atoms with van der Waals surface area (Å²) >= 11 is 5.22. The van der Waals surface area contributed by atoms with Gasteiger partial charge in [0.15, 0.2) is 0 Å². The van der Waals surface area contributed by atoms with Gasteiger partial charge in [-0.3, -0.25) is 0 Å². The number of rotatable bonds is 3. The number of hydrogen-bond acceptors (Lipinski definition) is 3. The fourth-order valence-electron chi connectivity index (χ4n) is 1.77. The quantitative estimate of drug-likeness (QED) is 0.787. The molecular formula is C12H15NO2S. The molecule has 1 aromatic rings. The standard InChI is InChI=1S/C12H15NO2S/c14-11-6-2-1-5-10(11)12(16)13-8-9-4-3-7-15-9/h1-2,5-6,9,14H,3-4,7-8H2,(H,13,16). The summed E-state index contributed by atoms with van der Waals surface area (Å²) in [7, 11) is 0. The highest BCUT2D eigenvalue weighted by molar-refractivity contribution is 7.80. The second kappa shape index (κ2) is 5.27. The lowest BCUT2D eigenvalue weighted by Gasteiger charge is -2.13. The second-order valence-electron chi connectivity index (χ2n) is 3.86. The summed E-state index contributed by atoms with van der Waals surface area (Å²) in [5.41, 5.74) is 0.676. The molecule has 1 aromatic carbocycles. The summed E-state index contributed by atoms with van der Waals surface area (Å²) in [6.07, 6.45) is 2.45. The van der Waals surface area contributed by atoms with Crippen molar-refractivity contribution in [2.45, 2.75) is 18.9 Å². The third-order valence-corrected chi connectivity index (χ3v) is 3.03. The van der Waals surface area contributed by atoms with Crippen molar-refractivity contribution in [3.05, 3.63) is 29.8 Å². The first-order valence-corrected chi connectivity index (χ1v) is 5.86. The topological polar surface area (TPSA) is 41.5 Å². The normalized spacial score (nSPS) is 19.6. The monoisotopic (exact) mass is 237 g/mol. The predicted molar refractivity (Wildman–Crippen MR) is 66.8 cm³/mol. The zero-order valence-corrected chi connectivity index (χ0v) is 9.80. The van der Waals surface area contributed by atoms with Crippen molar-refractivity contribution in [2.75, 3.05) is 13.2 Å². The Balaban J connectivity index is 1.90. The van der Waals surface area contributed by atoms with Crippen LogP contribution in [-0.4, -0.2) is 29.4 Å². The number of phenolic OH excluding ortho intramolecular Hbond substituents is 1. The fraction of sp³-hybridized carbons (Fsp3) is 0.417. The molecule has 2 rings (SSSR count). The largest absolute Gasteiger partial charge is 0.507 e. The average molecular weight is 237 g/mol. The highest BCUT2D eigenvalue weighted by Crippen LogP contribution is 2.16. The molecule has 0 radical (unpaired) electrons. The Morgan fingerprint density at radius 1 is 1.50 bits per heavy atom. The van der Waals surface area contributed by atoms with Crippen LogP contribution in [0.4, 0.5) is 0 Å². The third-order valence-electron chi connectivity index (χ3n) is 2.66. The van der Waals surface area contributed by atoms with Gasteiger partial charge in [-0.1, -0.05) is 24.4 Å². The van der Waals surface area contributed by atoms with Crippen LogP contribution in [0.25, 0.3) is 0 Å². The lowest BCUT2D eigenvalue weighted by Crippen LogP contribution is -2.31. The van der Waals surface area contributed by atoms with E-state index in [0.717, 1.165) is 19.4 Å². The van der Waals surface area contributed by atoms with Gasteiger partial charge >= 0.3 is 0 Å². The van der Waals surface area contributed by atoms with E-state index >= 15 is 0 Å². The Kier molecular flexibility index (Phi) is 3.74. The van der Waals surface area contributed by atoms with Crippen molar-refractivity contribution in [2.24, 2.45) is 0 Å². The minimum Gasteiger partial charge on any atom is -0.507 e. The van der Waals surface area contributed by atoms with Gasteiger partial charge in [0, 0.05) is 13.2 Å². The van der Waals surface area contributed by atoms with Crippen molar-refractivity contribution in [1.82, 2.24) is 5.32 Å². The minimum absolute atomic E-state index is 0.215. The number of benzene rings is 1. The SMILES string of the molecule is Oc1ccccc1C(=S)NCC1CCCO1. The molecule has 1 aliphatic heterocycles. The molecule has 16 heavy (non-hydrogen) atoms. The number of ether oxygens (including phenoxy) is 1. The molecule has 1 atom stereocenters. The van der Waals surface area contributed by atoms with Gasteiger partial charge in [-0.15, -0.1) is 0 Å². The third kappa shape index (κ3) is 2.71. The van der Waals surface area contributed by atoms with E-state index in [0.29, 0.717) is 17.1 Å². The number of hydrogen-bond donors (Lipinski definition) is 2. The van der Waals surface area contributed by atoms with Gasteiger partial charge in [0.05, 0.1) is 11.7 Å². The highest BCUT2D eigenvalue weighted by atomic mass is 32.1. The Morgan fingerprint density at radius 3 is 3.00 bits per heavy atom. The molecule has 1 heterocycles. The molecule has 0 spiro atoms. The molecule has 0 aromatic heterocycles. The predicted octanol–water partition coefficient (Wildman–Crippen LogP) is 1.84. The van der Waals surface area contributed by atoms with E-state index in [1.165, 1.54) is 0 Å². The molecule has 2 N–H and O–H groups in total. The second-order valence-corrected chi connectivity index (χ2v) is 4.27. The molecule has 4 heteroatoms. The molecule has 0 aliphatic carbocycles. The van der Waals surface area contributed by atoms with Crippen LogP contribution >= 0.6 is 12.2 Å². The van der Waals surface area contributed by atoms with Crippen LogP contribution in [0, 0.1) is 0 Å². The smallest absolute Gasteiger partial charge is 0.125 e. The zero-order chi connectivity index (χ0) is 11.4. The van der Waals surface area contributed by atoms with Crippen LogP contribution < -0.4 is 5.32 Å². The molecule has 1 fully saturated rings. The maximum atomic E-state index is 9.61. The van der Waals surface area contributed by atoms with E-state index in [4.69, 9.17) is 17.0 Å². The number of nitrogens with one attached hydrogen (secondary N) is 1. The number of aromatic hydroxyl groups is 1. The van der Waals surface area contributed by atoms with Crippen LogP contribution in [0.5, 0.6) is 5.75 Å². The van der Waals surface area contributed by atoms with Gasteiger partial charge in [-0.05, 0) is 25.0 Å². The molecule has 1 unspecified atom stereocenters. The minimum atomic E-state index is 0.215. The van der Waals surface area contributed by atoms with Crippen LogP contribution in [0.3, 0.4) is 0 Å². The van der Waals surface area contributed by atoms with Crippen molar-refractivity contribution >= 4 is 17.2 Å². The first-order chi connectivity index (χ1) is 7.77. The van der Waals surface area contributed by atoms with Crippen molar-refractivity contribution < 1.29 is 9.84 Å². The Labute approximate surface area is 100 Å². The van der Waals surface area contributed by atoms with E-state index < -0.39 is 0 Å². The van der Waals surface area contributed by atoms with Crippen molar-refractivity contribution in [3.8, 4) is 5.75 Å². The maximum absolute atomic E-state index is 9.61. The zero-order valence-electron chi connectivity index (χ0n) is 8.98. The van der Waals surface area contributed by atoms with Crippen LogP contribution in [0.15, 0.2) is 24.3 Å². The highest BCUT2D eigenvalue weighted by Gasteiger charge is 2.16. The molecule has 3 nitrogen and oxygen atoms in total. The summed E-state index contributed by atoms with van der Waals surface area (Å²) < 4.78 is 5.48. The van der Waals surface area contributed by atoms with E-state index in [1.807, 2.05) is 6.07 Å². The van der Waals surface area contributed by atoms with Gasteiger partial charge in [0.2, 0.25) is 0 Å². The average Bonchev–Trinajstić information content (AvgIpc) is 2.79. The van der Waals surface area contributed by atoms with E-state index in [-0.39, 0.29) is 11.9 Å². The summed E-state index contributed by atoms with van der Waals surface area (Å²) in [5, 5.41) is 12.7. The summed E-state index contributed by atoms with van der Waals surface area (Å²) in [6.45, 7) is 1.56. The fourth-order valence-corrected chi connectivity index (χ4v) is 2.03. The lowest BCUT2D eigenvalue weighted by molar-refractivity contribution is 0.114. The van der Waals surface area contributed by atoms with E-state index in [2.05, 4.69) is 5.32 Å². The number of phenols is 1. The first kappa shape index (κ1) is 11.4. The number of para-hydroxylation sites is 1. The van der Waals surface area contributed by atoms with Gasteiger partial charge < -0.3 is 15.2 Å². The molecular weight excluding hydrogens is 222 g/mol. The molecule has 86 valence electrons. The van der Waals surface area contributed by atoms with Gasteiger partial charge in [0.1, 0.15) is 10.7 Å². The molecule has 1 saturated heterocycles. The molecule has 0 saturated carbocycles. The Bertz CT molecular complexity index is 375. The molecule has 0 amide bonds. The van der Waals surface area contributed by atoms with Crippen LogP contribution in [-0.2, 0) is 4.74 Å². The van der Waals surface area contributed by atoms with Crippen LogP contribution in [0.2, 0.25) is 0 Å². The van der Waals surface area contributed by atoms with E-state index in [1.54, 1.807) is 18.2 Å². The lowest BCUT2D eigenvalue weighted by atomic mass is 10.2. The first-order valence-electron chi connectivity index (χ1n) is 5.45. The Hall–Kier alpha value is -1.13. The van der Waals surface area contributed by atoms with Crippen LogP contribution in [0.1, 0.15) is 18.4 Å². The number of thiocarbonyl (C=S) groups is 1. The van der Waals surface area contributed by atoms with Gasteiger partial charge in [0.25, 0.3) is 0 Å². The maximum Gasteiger partial charge on any atom is 0.125 e. The molecule has 0 bridgehead atoms. The van der Waals surface area contributed by atoms with E-state index in [9.17, 15) is 5.11 Å². The van der Waals surface area contributed by atoms with Crippen molar-refractivity contribution in [1.29, 1.82) is 0 Å². The molecule has 1 aliphatic rings. The Morgan fingerprint density at radius 2 is 2.31 bits per heavy atom.